The minimum Gasteiger partial charge on any atom is -0.312 e. The molecule has 2 N–H and O–H groups in total. The van der Waals surface area contributed by atoms with E-state index in [-0.39, 0.29) is 10.4 Å². The third-order valence-electron chi connectivity index (χ3n) is 1.23. The van der Waals surface area contributed by atoms with E-state index < -0.39 is 0 Å². The summed E-state index contributed by atoms with van der Waals surface area (Å²) in [4.78, 5) is 30.0. The molecule has 0 fully saturated rings. The Hall–Kier alpha value is -1.43. The molecule has 0 saturated heterocycles. The van der Waals surface area contributed by atoms with Crippen LogP contribution >= 0.6 is 11.3 Å². The van der Waals surface area contributed by atoms with E-state index in [1.165, 1.54) is 6.33 Å². The number of fused-ring (bicyclic) bond motifs is 1. The highest BCUT2D eigenvalue weighted by Gasteiger charge is 2.01. The zero-order chi connectivity index (χ0) is 7.84. The quantitative estimate of drug-likeness (QED) is 0.567. The molecule has 0 aliphatic rings. The number of thiazole rings is 1. The Bertz CT molecular complexity index is 494. The molecule has 6 heteroatoms. The van der Waals surface area contributed by atoms with Gasteiger partial charge in [0, 0.05) is 0 Å². The van der Waals surface area contributed by atoms with Crippen LogP contribution in [0.15, 0.2) is 15.9 Å². The minimum atomic E-state index is -0.279. The fourth-order valence-electron chi connectivity index (χ4n) is 0.786. The lowest BCUT2D eigenvalue weighted by molar-refractivity contribution is 1.15. The number of nitrogens with one attached hydrogen (secondary N) is 2. The van der Waals surface area contributed by atoms with Crippen molar-refractivity contribution in [3.05, 3.63) is 26.3 Å². The van der Waals surface area contributed by atoms with Gasteiger partial charge in [-0.15, -0.1) is 0 Å². The second-order valence-electron chi connectivity index (χ2n) is 1.92. The molecular formula is C5H3N3O2S. The Morgan fingerprint density at radius 2 is 2.27 bits per heavy atom. The summed E-state index contributed by atoms with van der Waals surface area (Å²) < 4.78 is 0.345. The lowest BCUT2D eigenvalue weighted by Crippen LogP contribution is -2.03. The first-order chi connectivity index (χ1) is 5.27. The predicted octanol–water partition coefficient (Wildman–Crippen LogP) is -0.327. The summed E-state index contributed by atoms with van der Waals surface area (Å²) in [5.41, 5.74) is 0.0714. The Balaban J connectivity index is 3.14. The highest BCUT2D eigenvalue weighted by atomic mass is 32.1. The summed E-state index contributed by atoms with van der Waals surface area (Å²) in [6.45, 7) is 0. The molecule has 0 spiro atoms. The Morgan fingerprint density at radius 3 is 3.00 bits per heavy atom. The molecule has 0 atom stereocenters. The molecule has 0 unspecified atom stereocenters. The maximum atomic E-state index is 10.9. The molecule has 0 saturated carbocycles. The zero-order valence-corrected chi connectivity index (χ0v) is 6.07. The first kappa shape index (κ1) is 6.29. The van der Waals surface area contributed by atoms with Gasteiger partial charge < -0.3 is 4.98 Å². The fourth-order valence-corrected chi connectivity index (χ4v) is 1.47. The minimum absolute atomic E-state index is 0.260. The number of aromatic amines is 2. The van der Waals surface area contributed by atoms with Gasteiger partial charge in [0.1, 0.15) is 4.70 Å². The van der Waals surface area contributed by atoms with E-state index in [1.54, 1.807) is 0 Å². The smallest absolute Gasteiger partial charge is 0.306 e. The van der Waals surface area contributed by atoms with Gasteiger partial charge in [-0.25, -0.2) is 4.98 Å². The molecule has 0 radical (unpaired) electrons. The summed E-state index contributed by atoms with van der Waals surface area (Å²) in [5.74, 6) is 0. The topological polar surface area (TPSA) is 78.6 Å². The molecule has 0 aromatic carbocycles. The fraction of sp³-hybridized carbons (Fsp3) is 0. The molecule has 11 heavy (non-hydrogen) atoms. The molecule has 2 rings (SSSR count). The monoisotopic (exact) mass is 169 g/mol. The van der Waals surface area contributed by atoms with Gasteiger partial charge in [0.05, 0.1) is 6.33 Å². The van der Waals surface area contributed by atoms with E-state index in [9.17, 15) is 9.59 Å². The molecule has 56 valence electrons. The van der Waals surface area contributed by atoms with Crippen LogP contribution < -0.4 is 10.4 Å². The summed E-state index contributed by atoms with van der Waals surface area (Å²) in [5, 5.41) is 0. The van der Waals surface area contributed by atoms with Gasteiger partial charge in [-0.05, 0) is 0 Å². The van der Waals surface area contributed by atoms with Crippen molar-refractivity contribution >= 4 is 21.7 Å². The van der Waals surface area contributed by atoms with E-state index >= 15 is 0 Å². The highest BCUT2D eigenvalue weighted by molar-refractivity contribution is 7.16. The van der Waals surface area contributed by atoms with Crippen molar-refractivity contribution in [3.8, 4) is 0 Å². The van der Waals surface area contributed by atoms with Crippen LogP contribution in [0.4, 0.5) is 0 Å². The molecule has 2 aromatic heterocycles. The van der Waals surface area contributed by atoms with Crippen molar-refractivity contribution in [2.75, 3.05) is 0 Å². The number of H-pyrrole nitrogens is 2. The average molecular weight is 169 g/mol. The maximum Gasteiger partial charge on any atom is 0.306 e. The van der Waals surface area contributed by atoms with Crippen LogP contribution in [0.2, 0.25) is 0 Å². The van der Waals surface area contributed by atoms with E-state index in [2.05, 4.69) is 15.0 Å². The van der Waals surface area contributed by atoms with Crippen molar-refractivity contribution in [2.45, 2.75) is 0 Å². The predicted molar refractivity (Wildman–Crippen MR) is 40.9 cm³/mol. The van der Waals surface area contributed by atoms with Gasteiger partial charge in [0.15, 0.2) is 5.65 Å². The van der Waals surface area contributed by atoms with Crippen LogP contribution in [-0.4, -0.2) is 15.0 Å². The number of hydrogen-bond donors (Lipinski definition) is 2. The van der Waals surface area contributed by atoms with Crippen LogP contribution in [0, 0.1) is 0 Å². The van der Waals surface area contributed by atoms with E-state index in [0.717, 1.165) is 11.3 Å². The SMILES string of the molecule is O=c1[nH]c2nc[nH]c(=O)c2s1. The normalized spacial score (nSPS) is 10.5. The number of rotatable bonds is 0. The molecule has 2 heterocycles. The maximum absolute atomic E-state index is 10.9. The van der Waals surface area contributed by atoms with E-state index in [4.69, 9.17) is 0 Å². The molecule has 0 aliphatic heterocycles. The van der Waals surface area contributed by atoms with Crippen molar-refractivity contribution < 1.29 is 0 Å². The summed E-state index contributed by atoms with van der Waals surface area (Å²) in [6, 6.07) is 0. The summed E-state index contributed by atoms with van der Waals surface area (Å²) >= 11 is 0.861. The second kappa shape index (κ2) is 2.03. The first-order valence-corrected chi connectivity index (χ1v) is 3.65. The van der Waals surface area contributed by atoms with Gasteiger partial charge in [0.25, 0.3) is 5.56 Å². The van der Waals surface area contributed by atoms with Crippen molar-refractivity contribution in [1.82, 2.24) is 15.0 Å². The van der Waals surface area contributed by atoms with Gasteiger partial charge in [-0.3, -0.25) is 14.6 Å². The van der Waals surface area contributed by atoms with Crippen molar-refractivity contribution in [3.63, 3.8) is 0 Å². The Kier molecular flexibility index (Phi) is 1.16. The molecule has 0 bridgehead atoms. The lowest BCUT2D eigenvalue weighted by atomic mass is 10.6. The summed E-state index contributed by atoms with van der Waals surface area (Å²) in [7, 11) is 0. The lowest BCUT2D eigenvalue weighted by Gasteiger charge is -1.81. The number of hydrogen-bond acceptors (Lipinski definition) is 4. The zero-order valence-electron chi connectivity index (χ0n) is 5.25. The van der Waals surface area contributed by atoms with Gasteiger partial charge in [0.2, 0.25) is 0 Å². The van der Waals surface area contributed by atoms with Crippen LogP contribution in [0.3, 0.4) is 0 Å². The third-order valence-corrected chi connectivity index (χ3v) is 2.10. The molecular weight excluding hydrogens is 166 g/mol. The average Bonchev–Trinajstić information content (AvgIpc) is 2.31. The van der Waals surface area contributed by atoms with E-state index in [0.29, 0.717) is 10.3 Å². The number of aromatic nitrogens is 3. The second-order valence-corrected chi connectivity index (χ2v) is 2.91. The van der Waals surface area contributed by atoms with Gasteiger partial charge >= 0.3 is 4.87 Å². The summed E-state index contributed by atoms with van der Waals surface area (Å²) in [6.07, 6.45) is 1.26. The largest absolute Gasteiger partial charge is 0.312 e. The van der Waals surface area contributed by atoms with E-state index in [1.807, 2.05) is 0 Å². The van der Waals surface area contributed by atoms with Gasteiger partial charge in [-0.2, -0.15) is 0 Å². The molecule has 2 aromatic rings. The standard InChI is InChI=1S/C5H3N3O2S/c9-4-2-3(6-1-7-4)8-5(10)11-2/h1H,(H2,6,7,8,9,10). The Labute approximate surface area is 63.7 Å². The van der Waals surface area contributed by atoms with Crippen molar-refractivity contribution in [2.24, 2.45) is 0 Å². The molecule has 0 amide bonds. The first-order valence-electron chi connectivity index (χ1n) is 2.84. The highest BCUT2D eigenvalue weighted by Crippen LogP contribution is 2.02. The Morgan fingerprint density at radius 1 is 1.45 bits per heavy atom. The van der Waals surface area contributed by atoms with Gasteiger partial charge in [-0.1, -0.05) is 11.3 Å². The van der Waals surface area contributed by atoms with Crippen LogP contribution in [0.25, 0.3) is 10.3 Å². The van der Waals surface area contributed by atoms with Crippen molar-refractivity contribution in [1.29, 1.82) is 0 Å². The van der Waals surface area contributed by atoms with Crippen LogP contribution in [0.1, 0.15) is 0 Å². The molecule has 0 aliphatic carbocycles. The van der Waals surface area contributed by atoms with Crippen LogP contribution in [-0.2, 0) is 0 Å². The van der Waals surface area contributed by atoms with Crippen LogP contribution in [0.5, 0.6) is 0 Å². The number of nitrogens with zero attached hydrogens (tertiary/aromatic N) is 1. The third kappa shape index (κ3) is 0.874. The molecule has 5 nitrogen and oxygen atoms in total.